The summed E-state index contributed by atoms with van der Waals surface area (Å²) < 4.78 is 12.6. The Bertz CT molecular complexity index is 1220. The number of anilines is 1. The van der Waals surface area contributed by atoms with Crippen LogP contribution < -0.4 is 15.7 Å². The maximum absolute atomic E-state index is 13.3. The average molecular weight is 485 g/mol. The highest BCUT2D eigenvalue weighted by Gasteiger charge is 2.52. The molecule has 0 unspecified atom stereocenters. The van der Waals surface area contributed by atoms with Gasteiger partial charge in [-0.2, -0.15) is 0 Å². The van der Waals surface area contributed by atoms with Gasteiger partial charge in [0.25, 0.3) is 5.91 Å². The van der Waals surface area contributed by atoms with Crippen molar-refractivity contribution in [1.29, 1.82) is 0 Å². The Balaban J connectivity index is 1.22. The smallest absolute Gasteiger partial charge is 0.399 e. The second-order valence-electron chi connectivity index (χ2n) is 12.0. The van der Waals surface area contributed by atoms with Gasteiger partial charge in [0.15, 0.2) is 0 Å². The number of hydrogen-bond donors (Lipinski definition) is 1. The zero-order valence-electron chi connectivity index (χ0n) is 22.0. The molecule has 3 aliphatic heterocycles. The van der Waals surface area contributed by atoms with Crippen LogP contribution in [0.1, 0.15) is 77.3 Å². The number of hydrogen-bond acceptors (Lipinski definition) is 5. The maximum atomic E-state index is 13.3. The second-order valence-corrected chi connectivity index (χ2v) is 12.0. The van der Waals surface area contributed by atoms with E-state index in [0.29, 0.717) is 18.8 Å². The van der Waals surface area contributed by atoms with Crippen molar-refractivity contribution < 1.29 is 14.1 Å². The van der Waals surface area contributed by atoms with Gasteiger partial charge in [-0.15, -0.1) is 0 Å². The molecule has 1 saturated carbocycles. The first-order valence-electron chi connectivity index (χ1n) is 13.3. The van der Waals surface area contributed by atoms with E-state index in [0.717, 1.165) is 29.1 Å². The molecule has 1 N–H and O–H groups in total. The van der Waals surface area contributed by atoms with Crippen LogP contribution in [0.25, 0.3) is 0 Å². The largest absolute Gasteiger partial charge is 0.494 e. The van der Waals surface area contributed by atoms with Crippen molar-refractivity contribution in [2.24, 2.45) is 4.99 Å². The van der Waals surface area contributed by atoms with Crippen molar-refractivity contribution >= 4 is 30.0 Å². The molecule has 188 valence electrons. The van der Waals surface area contributed by atoms with E-state index in [1.54, 1.807) is 0 Å². The second kappa shape index (κ2) is 8.19. The van der Waals surface area contributed by atoms with Crippen LogP contribution in [0.5, 0.6) is 0 Å². The fraction of sp³-hybridized carbons (Fsp3) is 0.517. The fourth-order valence-corrected chi connectivity index (χ4v) is 5.85. The summed E-state index contributed by atoms with van der Waals surface area (Å²) in [4.78, 5) is 20.8. The summed E-state index contributed by atoms with van der Waals surface area (Å²) in [5, 5.41) is 3.15. The lowest BCUT2D eigenvalue weighted by molar-refractivity contribution is -0.124. The van der Waals surface area contributed by atoms with Gasteiger partial charge in [0.2, 0.25) is 0 Å². The predicted octanol–water partition coefficient (Wildman–Crippen LogP) is 4.17. The normalized spacial score (nSPS) is 29.0. The molecule has 2 aromatic carbocycles. The third-order valence-electron chi connectivity index (χ3n) is 8.87. The molecular weight excluding hydrogens is 449 g/mol. The molecule has 2 atom stereocenters. The minimum absolute atomic E-state index is 0.0422. The summed E-state index contributed by atoms with van der Waals surface area (Å²) in [6.45, 7) is 11.3. The van der Waals surface area contributed by atoms with Gasteiger partial charge in [0.1, 0.15) is 11.4 Å². The molecule has 3 fully saturated rings. The van der Waals surface area contributed by atoms with Crippen LogP contribution >= 0.6 is 0 Å². The quantitative estimate of drug-likeness (QED) is 0.661. The van der Waals surface area contributed by atoms with Crippen LogP contribution in [-0.2, 0) is 14.1 Å². The molecule has 1 amide bonds. The zero-order chi connectivity index (χ0) is 25.3. The summed E-state index contributed by atoms with van der Waals surface area (Å²) in [5.74, 6) is 1.40. The number of benzene rings is 2. The summed E-state index contributed by atoms with van der Waals surface area (Å²) in [6, 6.07) is 17.0. The standard InChI is InChI=1S/C29H36BN3O3/c1-19-18-29(26(34)31-25(32-29)24-12-7-6-11-23(24)20-13-14-20)15-16-33(19)22-10-8-9-21(17-22)30-35-27(2,3)28(4,5)36-30/h6-12,17,19-20H,13-16,18H2,1-5H3,(H,31,32,34)/t19-,29+/m0/s1. The van der Waals surface area contributed by atoms with Crippen molar-refractivity contribution in [2.75, 3.05) is 11.4 Å². The van der Waals surface area contributed by atoms with Gasteiger partial charge in [0.05, 0.1) is 11.2 Å². The Hall–Kier alpha value is -2.64. The number of aliphatic imine (C=N–C) groups is 1. The first-order chi connectivity index (χ1) is 17.1. The summed E-state index contributed by atoms with van der Waals surface area (Å²) >= 11 is 0. The van der Waals surface area contributed by atoms with Crippen LogP contribution in [0.4, 0.5) is 5.69 Å². The first kappa shape index (κ1) is 23.7. The number of carbonyl (C=O) groups excluding carboxylic acids is 1. The average Bonchev–Trinajstić information content (AvgIpc) is 3.60. The lowest BCUT2D eigenvalue weighted by Gasteiger charge is -2.42. The number of rotatable bonds is 4. The van der Waals surface area contributed by atoms with Crippen molar-refractivity contribution in [3.63, 3.8) is 0 Å². The number of carbonyl (C=O) groups is 1. The fourth-order valence-electron chi connectivity index (χ4n) is 5.85. The van der Waals surface area contributed by atoms with Crippen LogP contribution in [0.3, 0.4) is 0 Å². The number of amidine groups is 1. The molecule has 7 heteroatoms. The Morgan fingerprint density at radius 2 is 1.75 bits per heavy atom. The van der Waals surface area contributed by atoms with E-state index in [4.69, 9.17) is 14.3 Å². The molecule has 6 rings (SSSR count). The Morgan fingerprint density at radius 1 is 1.03 bits per heavy atom. The van der Waals surface area contributed by atoms with E-state index in [1.165, 1.54) is 18.4 Å². The Labute approximate surface area is 214 Å². The van der Waals surface area contributed by atoms with Gasteiger partial charge in [-0.3, -0.25) is 9.79 Å². The van der Waals surface area contributed by atoms with Crippen LogP contribution in [0.2, 0.25) is 0 Å². The highest BCUT2D eigenvalue weighted by atomic mass is 16.7. The Morgan fingerprint density at radius 3 is 2.44 bits per heavy atom. The van der Waals surface area contributed by atoms with E-state index in [1.807, 2.05) is 6.07 Å². The number of amides is 1. The van der Waals surface area contributed by atoms with Crippen molar-refractivity contribution in [2.45, 2.75) is 89.0 Å². The van der Waals surface area contributed by atoms with Gasteiger partial charge < -0.3 is 19.5 Å². The van der Waals surface area contributed by atoms with E-state index < -0.39 is 5.54 Å². The molecule has 0 bridgehead atoms. The molecule has 3 heterocycles. The molecular formula is C29H36BN3O3. The van der Waals surface area contributed by atoms with Crippen molar-refractivity contribution in [3.05, 3.63) is 59.7 Å². The van der Waals surface area contributed by atoms with Crippen LogP contribution in [0, 0.1) is 0 Å². The lowest BCUT2D eigenvalue weighted by Crippen LogP contribution is -2.53. The minimum atomic E-state index is -0.689. The number of nitrogens with zero attached hydrogens (tertiary/aromatic N) is 2. The predicted molar refractivity (Wildman–Crippen MR) is 144 cm³/mol. The van der Waals surface area contributed by atoms with Gasteiger partial charge in [0, 0.05) is 30.3 Å². The number of nitrogens with one attached hydrogen (secondary N) is 1. The van der Waals surface area contributed by atoms with Crippen molar-refractivity contribution in [1.82, 2.24) is 5.32 Å². The third kappa shape index (κ3) is 3.88. The van der Waals surface area contributed by atoms with Crippen LogP contribution in [-0.4, -0.2) is 48.2 Å². The molecule has 36 heavy (non-hydrogen) atoms. The molecule has 0 radical (unpaired) electrons. The van der Waals surface area contributed by atoms with E-state index in [9.17, 15) is 4.79 Å². The summed E-state index contributed by atoms with van der Waals surface area (Å²) in [7, 11) is -0.388. The van der Waals surface area contributed by atoms with E-state index in [-0.39, 0.29) is 30.3 Å². The monoisotopic (exact) mass is 485 g/mol. The minimum Gasteiger partial charge on any atom is -0.399 e. The maximum Gasteiger partial charge on any atom is 0.494 e. The molecule has 1 spiro atoms. The lowest BCUT2D eigenvalue weighted by atomic mass is 9.78. The topological polar surface area (TPSA) is 63.2 Å². The van der Waals surface area contributed by atoms with Crippen molar-refractivity contribution in [3.8, 4) is 0 Å². The Kier molecular flexibility index (Phi) is 5.40. The van der Waals surface area contributed by atoms with E-state index >= 15 is 0 Å². The SMILES string of the molecule is C[C@H]1C[C@@]2(CCN1c1cccc(B3OC(C)(C)C(C)(C)O3)c1)N=C(c1ccccc1C1CC1)NC2=O. The number of piperidine rings is 1. The van der Waals surface area contributed by atoms with Gasteiger partial charge in [-0.1, -0.05) is 36.4 Å². The van der Waals surface area contributed by atoms with Gasteiger partial charge in [-0.25, -0.2) is 0 Å². The highest BCUT2D eigenvalue weighted by Crippen LogP contribution is 2.43. The first-order valence-corrected chi connectivity index (χ1v) is 13.3. The zero-order valence-corrected chi connectivity index (χ0v) is 22.0. The molecule has 2 saturated heterocycles. The molecule has 2 aromatic rings. The molecule has 0 aromatic heterocycles. The van der Waals surface area contributed by atoms with Crippen LogP contribution in [0.15, 0.2) is 53.5 Å². The highest BCUT2D eigenvalue weighted by molar-refractivity contribution is 6.62. The molecule has 1 aliphatic carbocycles. The van der Waals surface area contributed by atoms with Gasteiger partial charge in [-0.05, 0) is 83.0 Å². The molecule has 4 aliphatic rings. The van der Waals surface area contributed by atoms with E-state index in [2.05, 4.69) is 87.3 Å². The molecule has 6 nitrogen and oxygen atoms in total. The third-order valence-corrected chi connectivity index (χ3v) is 8.87. The summed E-state index contributed by atoms with van der Waals surface area (Å²) in [5.41, 5.74) is 3.13. The van der Waals surface area contributed by atoms with Gasteiger partial charge >= 0.3 is 7.12 Å². The summed E-state index contributed by atoms with van der Waals surface area (Å²) in [6.07, 6.45) is 3.83.